The third kappa shape index (κ3) is 3.54. The van der Waals surface area contributed by atoms with Crippen LogP contribution in [0.1, 0.15) is 25.0 Å². The van der Waals surface area contributed by atoms with Crippen LogP contribution in [-0.4, -0.2) is 39.0 Å². The van der Waals surface area contributed by atoms with Gasteiger partial charge >= 0.3 is 0 Å². The minimum absolute atomic E-state index is 0.125. The van der Waals surface area contributed by atoms with E-state index in [0.29, 0.717) is 12.1 Å². The fourth-order valence-electron chi connectivity index (χ4n) is 2.09. The van der Waals surface area contributed by atoms with Crippen molar-refractivity contribution < 1.29 is 17.5 Å². The molecule has 0 bridgehead atoms. The molecular formula is C13H19FN2O3S. The highest BCUT2D eigenvalue weighted by molar-refractivity contribution is 7.87. The monoisotopic (exact) mass is 302 g/mol. The highest BCUT2D eigenvalue weighted by Gasteiger charge is 2.30. The van der Waals surface area contributed by atoms with Gasteiger partial charge in [-0.2, -0.15) is 12.7 Å². The van der Waals surface area contributed by atoms with Crippen molar-refractivity contribution in [1.82, 2.24) is 9.03 Å². The van der Waals surface area contributed by atoms with Crippen LogP contribution in [0.5, 0.6) is 0 Å². The van der Waals surface area contributed by atoms with Crippen molar-refractivity contribution >= 4 is 10.2 Å². The average molecular weight is 302 g/mol. The number of nitrogens with one attached hydrogen (secondary N) is 1. The molecule has 0 radical (unpaired) electrons. The first kappa shape index (κ1) is 15.4. The second kappa shape index (κ2) is 6.62. The SMILES string of the molecule is CCCNS(=O)(=O)N1CCOC(c2ccccc2F)C1. The molecule has 1 heterocycles. The minimum atomic E-state index is -3.52. The Kier molecular flexibility index (Phi) is 5.09. The summed E-state index contributed by atoms with van der Waals surface area (Å²) in [6.45, 7) is 2.95. The van der Waals surface area contributed by atoms with Gasteiger partial charge in [0.05, 0.1) is 12.7 Å². The number of benzene rings is 1. The molecule has 1 saturated heterocycles. The molecule has 1 aliphatic heterocycles. The van der Waals surface area contributed by atoms with Gasteiger partial charge in [0.15, 0.2) is 0 Å². The maximum absolute atomic E-state index is 13.7. The van der Waals surface area contributed by atoms with Gasteiger partial charge in [0.2, 0.25) is 0 Å². The van der Waals surface area contributed by atoms with Crippen LogP contribution in [0.2, 0.25) is 0 Å². The first-order chi connectivity index (χ1) is 9.54. The fourth-order valence-corrected chi connectivity index (χ4v) is 3.38. The van der Waals surface area contributed by atoms with E-state index in [0.717, 1.165) is 6.42 Å². The van der Waals surface area contributed by atoms with E-state index < -0.39 is 16.3 Å². The van der Waals surface area contributed by atoms with Gasteiger partial charge < -0.3 is 4.74 Å². The summed E-state index contributed by atoms with van der Waals surface area (Å²) in [6.07, 6.45) is 0.156. The van der Waals surface area contributed by atoms with Crippen molar-refractivity contribution in [3.05, 3.63) is 35.6 Å². The second-order valence-electron chi connectivity index (χ2n) is 4.64. The van der Waals surface area contributed by atoms with E-state index in [2.05, 4.69) is 4.72 Å². The van der Waals surface area contributed by atoms with Crippen LogP contribution in [0.25, 0.3) is 0 Å². The summed E-state index contributed by atoms with van der Waals surface area (Å²) in [5.41, 5.74) is 0.392. The molecule has 1 aromatic carbocycles. The molecule has 20 heavy (non-hydrogen) atoms. The van der Waals surface area contributed by atoms with Crippen LogP contribution in [0, 0.1) is 5.82 Å². The molecular weight excluding hydrogens is 283 g/mol. The summed E-state index contributed by atoms with van der Waals surface area (Å²) >= 11 is 0. The smallest absolute Gasteiger partial charge is 0.279 e. The summed E-state index contributed by atoms with van der Waals surface area (Å²) in [6, 6.07) is 6.28. The Balaban J connectivity index is 2.11. The summed E-state index contributed by atoms with van der Waals surface area (Å²) in [7, 11) is -3.52. The third-order valence-electron chi connectivity index (χ3n) is 3.16. The number of morpholine rings is 1. The predicted octanol–water partition coefficient (Wildman–Crippen LogP) is 1.44. The van der Waals surface area contributed by atoms with E-state index in [1.807, 2.05) is 6.92 Å². The maximum atomic E-state index is 13.7. The van der Waals surface area contributed by atoms with Gasteiger partial charge in [-0.1, -0.05) is 25.1 Å². The summed E-state index contributed by atoms with van der Waals surface area (Å²) in [5, 5.41) is 0. The summed E-state index contributed by atoms with van der Waals surface area (Å²) in [4.78, 5) is 0. The van der Waals surface area contributed by atoms with E-state index in [4.69, 9.17) is 4.74 Å². The van der Waals surface area contributed by atoms with Gasteiger partial charge in [0, 0.05) is 25.2 Å². The molecule has 1 fully saturated rings. The zero-order valence-electron chi connectivity index (χ0n) is 11.4. The molecule has 1 unspecified atom stereocenters. The molecule has 0 spiro atoms. The van der Waals surface area contributed by atoms with Gasteiger partial charge in [-0.15, -0.1) is 0 Å². The molecule has 1 atom stereocenters. The van der Waals surface area contributed by atoms with E-state index >= 15 is 0 Å². The lowest BCUT2D eigenvalue weighted by atomic mass is 10.1. The van der Waals surface area contributed by atoms with Crippen LogP contribution in [0.15, 0.2) is 24.3 Å². The summed E-state index contributed by atoms with van der Waals surface area (Å²) < 4.78 is 47.2. The standard InChI is InChI=1S/C13H19FN2O3S/c1-2-7-15-20(17,18)16-8-9-19-13(10-16)11-5-3-4-6-12(11)14/h3-6,13,15H,2,7-10H2,1H3. The van der Waals surface area contributed by atoms with Crippen molar-refractivity contribution in [2.24, 2.45) is 0 Å². The largest absolute Gasteiger partial charge is 0.371 e. The van der Waals surface area contributed by atoms with Crippen molar-refractivity contribution in [2.75, 3.05) is 26.2 Å². The van der Waals surface area contributed by atoms with Crippen LogP contribution < -0.4 is 4.72 Å². The van der Waals surface area contributed by atoms with Gasteiger partial charge in [-0.3, -0.25) is 0 Å². The van der Waals surface area contributed by atoms with Crippen molar-refractivity contribution in [3.8, 4) is 0 Å². The highest BCUT2D eigenvalue weighted by atomic mass is 32.2. The number of nitrogens with zero attached hydrogens (tertiary/aromatic N) is 1. The number of hydrogen-bond donors (Lipinski definition) is 1. The van der Waals surface area contributed by atoms with Crippen molar-refractivity contribution in [1.29, 1.82) is 0 Å². The van der Waals surface area contributed by atoms with E-state index in [-0.39, 0.29) is 25.5 Å². The Morgan fingerprint density at radius 3 is 2.90 bits per heavy atom. The van der Waals surface area contributed by atoms with Gasteiger partial charge in [-0.25, -0.2) is 9.11 Å². The van der Waals surface area contributed by atoms with E-state index in [9.17, 15) is 12.8 Å². The van der Waals surface area contributed by atoms with E-state index in [1.54, 1.807) is 18.2 Å². The highest BCUT2D eigenvalue weighted by Crippen LogP contribution is 2.25. The number of ether oxygens (including phenoxy) is 1. The first-order valence-corrected chi connectivity index (χ1v) is 8.09. The quantitative estimate of drug-likeness (QED) is 0.895. The molecule has 1 aliphatic rings. The Hall–Kier alpha value is -1.02. The molecule has 0 amide bonds. The number of rotatable bonds is 5. The zero-order chi connectivity index (χ0) is 14.6. The first-order valence-electron chi connectivity index (χ1n) is 6.65. The molecule has 1 N–H and O–H groups in total. The molecule has 2 rings (SSSR count). The number of halogens is 1. The van der Waals surface area contributed by atoms with E-state index in [1.165, 1.54) is 10.4 Å². The lowest BCUT2D eigenvalue weighted by molar-refractivity contribution is -0.00478. The molecule has 5 nitrogen and oxygen atoms in total. The second-order valence-corrected chi connectivity index (χ2v) is 6.39. The molecule has 0 aromatic heterocycles. The maximum Gasteiger partial charge on any atom is 0.279 e. The number of hydrogen-bond acceptors (Lipinski definition) is 3. The van der Waals surface area contributed by atoms with Crippen LogP contribution in [0.3, 0.4) is 0 Å². The fraction of sp³-hybridized carbons (Fsp3) is 0.538. The van der Waals surface area contributed by atoms with Crippen molar-refractivity contribution in [3.63, 3.8) is 0 Å². The molecule has 1 aromatic rings. The summed E-state index contributed by atoms with van der Waals surface area (Å²) in [5.74, 6) is -0.377. The molecule has 0 aliphatic carbocycles. The Morgan fingerprint density at radius 1 is 1.45 bits per heavy atom. The van der Waals surface area contributed by atoms with Gasteiger partial charge in [0.1, 0.15) is 5.82 Å². The third-order valence-corrected chi connectivity index (χ3v) is 4.74. The minimum Gasteiger partial charge on any atom is -0.371 e. The van der Waals surface area contributed by atoms with Crippen LogP contribution in [-0.2, 0) is 14.9 Å². The normalized spacial score (nSPS) is 21.0. The zero-order valence-corrected chi connectivity index (χ0v) is 12.2. The molecule has 7 heteroatoms. The Labute approximate surface area is 118 Å². The van der Waals surface area contributed by atoms with Crippen LogP contribution in [0.4, 0.5) is 4.39 Å². The molecule has 0 saturated carbocycles. The van der Waals surface area contributed by atoms with Gasteiger partial charge in [-0.05, 0) is 12.5 Å². The topological polar surface area (TPSA) is 58.6 Å². The lowest BCUT2D eigenvalue weighted by Crippen LogP contribution is -2.47. The Bertz CT molecular complexity index is 550. The lowest BCUT2D eigenvalue weighted by Gasteiger charge is -2.32. The van der Waals surface area contributed by atoms with Crippen LogP contribution >= 0.6 is 0 Å². The van der Waals surface area contributed by atoms with Gasteiger partial charge in [0.25, 0.3) is 10.2 Å². The van der Waals surface area contributed by atoms with Crippen molar-refractivity contribution in [2.45, 2.75) is 19.4 Å². The Morgan fingerprint density at radius 2 is 2.20 bits per heavy atom. The molecule has 112 valence electrons. The predicted molar refractivity (Wildman–Crippen MR) is 73.9 cm³/mol. The average Bonchev–Trinajstić information content (AvgIpc) is 2.46.